The lowest BCUT2D eigenvalue weighted by atomic mass is 10.1. The molecule has 0 bridgehead atoms. The predicted molar refractivity (Wildman–Crippen MR) is 96.9 cm³/mol. The molecule has 1 fully saturated rings. The first-order valence-electron chi connectivity index (χ1n) is 8.96. The Morgan fingerprint density at radius 2 is 1.80 bits per heavy atom. The van der Waals surface area contributed by atoms with E-state index in [4.69, 9.17) is 0 Å². The lowest BCUT2D eigenvalue weighted by Crippen LogP contribution is -2.34. The SMILES string of the molecule is O=C(NC1CCCCCC1)c1cc(NCc2ccc(F)cc2)ccn1. The van der Waals surface area contributed by atoms with Crippen molar-refractivity contribution in [2.75, 3.05) is 5.32 Å². The highest BCUT2D eigenvalue weighted by molar-refractivity contribution is 5.93. The molecule has 0 atom stereocenters. The Kier molecular flexibility index (Phi) is 5.99. The molecule has 0 spiro atoms. The molecule has 1 heterocycles. The van der Waals surface area contributed by atoms with Gasteiger partial charge in [-0.2, -0.15) is 0 Å². The number of benzene rings is 1. The number of anilines is 1. The highest BCUT2D eigenvalue weighted by Crippen LogP contribution is 2.18. The molecule has 2 N–H and O–H groups in total. The number of hydrogen-bond donors (Lipinski definition) is 2. The van der Waals surface area contributed by atoms with Crippen molar-refractivity contribution in [1.82, 2.24) is 10.3 Å². The molecule has 4 nitrogen and oxygen atoms in total. The summed E-state index contributed by atoms with van der Waals surface area (Å²) in [6.07, 6.45) is 8.60. The van der Waals surface area contributed by atoms with E-state index >= 15 is 0 Å². The lowest BCUT2D eigenvalue weighted by molar-refractivity contribution is 0.0928. The van der Waals surface area contributed by atoms with Crippen molar-refractivity contribution in [2.45, 2.75) is 51.1 Å². The smallest absolute Gasteiger partial charge is 0.270 e. The van der Waals surface area contributed by atoms with Gasteiger partial charge in [0.2, 0.25) is 0 Å². The van der Waals surface area contributed by atoms with Gasteiger partial charge in [-0.15, -0.1) is 0 Å². The molecule has 1 aromatic carbocycles. The Hall–Kier alpha value is -2.43. The molecule has 25 heavy (non-hydrogen) atoms. The summed E-state index contributed by atoms with van der Waals surface area (Å²) in [5, 5.41) is 6.36. The summed E-state index contributed by atoms with van der Waals surface area (Å²) in [4.78, 5) is 16.6. The van der Waals surface area contributed by atoms with Gasteiger partial charge in [-0.05, 0) is 42.7 Å². The number of nitrogens with one attached hydrogen (secondary N) is 2. The maximum atomic E-state index is 12.9. The minimum atomic E-state index is -0.245. The van der Waals surface area contributed by atoms with Crippen LogP contribution in [0, 0.1) is 5.82 Å². The number of carbonyl (C=O) groups is 1. The molecular formula is C20H24FN3O. The van der Waals surface area contributed by atoms with Gasteiger partial charge in [0.1, 0.15) is 11.5 Å². The van der Waals surface area contributed by atoms with Crippen LogP contribution in [0.15, 0.2) is 42.6 Å². The average molecular weight is 341 g/mol. The molecule has 0 saturated heterocycles. The minimum absolute atomic E-state index is 0.114. The van der Waals surface area contributed by atoms with Crippen LogP contribution in [-0.2, 0) is 6.54 Å². The number of amides is 1. The molecule has 0 unspecified atom stereocenters. The third-order valence-electron chi connectivity index (χ3n) is 4.59. The van der Waals surface area contributed by atoms with E-state index in [1.54, 1.807) is 24.4 Å². The molecule has 132 valence electrons. The van der Waals surface area contributed by atoms with Crippen molar-refractivity contribution < 1.29 is 9.18 Å². The highest BCUT2D eigenvalue weighted by Gasteiger charge is 2.16. The van der Waals surface area contributed by atoms with Crippen LogP contribution in [0.5, 0.6) is 0 Å². The van der Waals surface area contributed by atoms with E-state index < -0.39 is 0 Å². The first kappa shape index (κ1) is 17.4. The normalized spacial score (nSPS) is 15.4. The number of rotatable bonds is 5. The number of nitrogens with zero attached hydrogens (tertiary/aromatic N) is 1. The number of aromatic nitrogens is 1. The van der Waals surface area contributed by atoms with Gasteiger partial charge in [0.15, 0.2) is 0 Å². The molecule has 1 aliphatic rings. The van der Waals surface area contributed by atoms with Crippen LogP contribution in [0.4, 0.5) is 10.1 Å². The summed E-state index contributed by atoms with van der Waals surface area (Å²) in [6.45, 7) is 0.563. The highest BCUT2D eigenvalue weighted by atomic mass is 19.1. The van der Waals surface area contributed by atoms with Crippen molar-refractivity contribution in [3.05, 3.63) is 59.7 Å². The van der Waals surface area contributed by atoms with E-state index in [0.717, 1.165) is 24.1 Å². The second kappa shape index (κ2) is 8.60. The number of hydrogen-bond acceptors (Lipinski definition) is 3. The van der Waals surface area contributed by atoms with Crippen LogP contribution in [-0.4, -0.2) is 16.9 Å². The fourth-order valence-corrected chi connectivity index (χ4v) is 3.15. The van der Waals surface area contributed by atoms with E-state index in [9.17, 15) is 9.18 Å². The molecular weight excluding hydrogens is 317 g/mol. The Labute approximate surface area is 147 Å². The quantitative estimate of drug-likeness (QED) is 0.798. The van der Waals surface area contributed by atoms with Gasteiger partial charge >= 0.3 is 0 Å². The molecule has 1 aliphatic carbocycles. The van der Waals surface area contributed by atoms with Gasteiger partial charge in [-0.1, -0.05) is 37.8 Å². The molecule has 0 radical (unpaired) electrons. The van der Waals surface area contributed by atoms with E-state index in [1.165, 1.54) is 37.8 Å². The second-order valence-electron chi connectivity index (χ2n) is 6.57. The van der Waals surface area contributed by atoms with Crippen LogP contribution >= 0.6 is 0 Å². The van der Waals surface area contributed by atoms with Crippen molar-refractivity contribution in [3.8, 4) is 0 Å². The first-order valence-corrected chi connectivity index (χ1v) is 8.96. The van der Waals surface area contributed by atoms with Crippen LogP contribution in [0.1, 0.15) is 54.6 Å². The molecule has 2 aromatic rings. The summed E-state index contributed by atoms with van der Waals surface area (Å²) in [6, 6.07) is 10.2. The summed E-state index contributed by atoms with van der Waals surface area (Å²) >= 11 is 0. The molecule has 5 heteroatoms. The summed E-state index contributed by atoms with van der Waals surface area (Å²) in [5.74, 6) is -0.359. The van der Waals surface area contributed by atoms with E-state index in [-0.39, 0.29) is 17.8 Å². The van der Waals surface area contributed by atoms with E-state index in [0.29, 0.717) is 12.2 Å². The van der Waals surface area contributed by atoms with Gasteiger partial charge in [-0.25, -0.2) is 4.39 Å². The number of pyridine rings is 1. The van der Waals surface area contributed by atoms with Crippen LogP contribution < -0.4 is 10.6 Å². The van der Waals surface area contributed by atoms with Crippen LogP contribution in [0.25, 0.3) is 0 Å². The summed E-state index contributed by atoms with van der Waals surface area (Å²) < 4.78 is 12.9. The molecule has 1 aromatic heterocycles. The Balaban J connectivity index is 1.58. The first-order chi connectivity index (χ1) is 12.2. The van der Waals surface area contributed by atoms with Gasteiger partial charge in [0.25, 0.3) is 5.91 Å². The fraction of sp³-hybridized carbons (Fsp3) is 0.400. The lowest BCUT2D eigenvalue weighted by Gasteiger charge is -2.16. The third kappa shape index (κ3) is 5.28. The average Bonchev–Trinajstić information content (AvgIpc) is 2.90. The number of carbonyl (C=O) groups excluding carboxylic acids is 1. The number of halogens is 1. The summed E-state index contributed by atoms with van der Waals surface area (Å²) in [5.41, 5.74) is 2.22. The zero-order valence-electron chi connectivity index (χ0n) is 14.3. The van der Waals surface area contributed by atoms with Gasteiger partial charge in [0, 0.05) is 24.5 Å². The maximum Gasteiger partial charge on any atom is 0.270 e. The van der Waals surface area contributed by atoms with Crippen molar-refractivity contribution in [1.29, 1.82) is 0 Å². The van der Waals surface area contributed by atoms with Crippen molar-refractivity contribution in [2.24, 2.45) is 0 Å². The third-order valence-corrected chi connectivity index (χ3v) is 4.59. The van der Waals surface area contributed by atoms with Gasteiger partial charge in [0.05, 0.1) is 0 Å². The predicted octanol–water partition coefficient (Wildman–Crippen LogP) is 4.29. The monoisotopic (exact) mass is 341 g/mol. The van der Waals surface area contributed by atoms with Crippen LogP contribution in [0.2, 0.25) is 0 Å². The Morgan fingerprint density at radius 1 is 1.08 bits per heavy atom. The minimum Gasteiger partial charge on any atom is -0.381 e. The molecule has 0 aliphatic heterocycles. The maximum absolute atomic E-state index is 12.9. The second-order valence-corrected chi connectivity index (χ2v) is 6.57. The van der Waals surface area contributed by atoms with E-state index in [2.05, 4.69) is 15.6 Å². The topological polar surface area (TPSA) is 54.0 Å². The van der Waals surface area contributed by atoms with Crippen molar-refractivity contribution >= 4 is 11.6 Å². The van der Waals surface area contributed by atoms with Crippen LogP contribution in [0.3, 0.4) is 0 Å². The van der Waals surface area contributed by atoms with Gasteiger partial charge < -0.3 is 10.6 Å². The van der Waals surface area contributed by atoms with E-state index in [1.807, 2.05) is 6.07 Å². The molecule has 1 amide bonds. The Bertz CT molecular complexity index is 694. The Morgan fingerprint density at radius 3 is 2.52 bits per heavy atom. The zero-order chi connectivity index (χ0) is 17.5. The van der Waals surface area contributed by atoms with Gasteiger partial charge in [-0.3, -0.25) is 9.78 Å². The zero-order valence-corrected chi connectivity index (χ0v) is 14.3. The van der Waals surface area contributed by atoms with Crippen molar-refractivity contribution in [3.63, 3.8) is 0 Å². The standard InChI is InChI=1S/C20H24FN3O/c21-16-9-7-15(8-10-16)14-23-18-11-12-22-19(13-18)20(25)24-17-5-3-1-2-4-6-17/h7-13,17H,1-6,14H2,(H,22,23)(H,24,25). The summed E-state index contributed by atoms with van der Waals surface area (Å²) in [7, 11) is 0. The largest absolute Gasteiger partial charge is 0.381 e. The molecule has 3 rings (SSSR count). The molecule has 1 saturated carbocycles. The fourth-order valence-electron chi connectivity index (χ4n) is 3.15.